The molecule has 3 aromatic rings. The number of nitrogens with one attached hydrogen (secondary N) is 3. The minimum atomic E-state index is -0.905. The summed E-state index contributed by atoms with van der Waals surface area (Å²) >= 11 is 0. The van der Waals surface area contributed by atoms with Crippen molar-refractivity contribution in [3.63, 3.8) is 0 Å². The number of carbonyl (C=O) groups excluding carboxylic acids is 3. The zero-order valence-corrected chi connectivity index (χ0v) is 21.0. The van der Waals surface area contributed by atoms with Crippen LogP contribution in [0.25, 0.3) is 10.9 Å². The number of aromatic nitrogens is 1. The van der Waals surface area contributed by atoms with Crippen LogP contribution in [0.1, 0.15) is 42.7 Å². The molecule has 37 heavy (non-hydrogen) atoms. The highest BCUT2D eigenvalue weighted by atomic mass is 19.1. The van der Waals surface area contributed by atoms with E-state index < -0.39 is 35.6 Å². The van der Waals surface area contributed by atoms with Gasteiger partial charge in [0.1, 0.15) is 23.6 Å². The number of fused-ring (bicyclic) bond motifs is 1. The predicted octanol–water partition coefficient (Wildman–Crippen LogP) is 4.14. The molecule has 0 saturated carbocycles. The Labute approximate surface area is 214 Å². The number of likely N-dealkylation sites (tertiary alicyclic amines) is 1. The highest BCUT2D eigenvalue weighted by Crippen LogP contribution is 2.27. The first-order valence-corrected chi connectivity index (χ1v) is 12.3. The van der Waals surface area contributed by atoms with E-state index in [4.69, 9.17) is 0 Å². The van der Waals surface area contributed by atoms with E-state index in [1.807, 2.05) is 39.0 Å². The second-order valence-electron chi connectivity index (χ2n) is 9.91. The lowest BCUT2D eigenvalue weighted by atomic mass is 10.0. The van der Waals surface area contributed by atoms with Gasteiger partial charge in [0.2, 0.25) is 11.8 Å². The SMILES string of the molecule is Cc1ccccc1NC(=O)C1CC(C#N)N(C(=O)C(CC(C)C)NC(=O)c2cc3c(F)cccc3[nH]2)C1. The van der Waals surface area contributed by atoms with E-state index in [2.05, 4.69) is 21.7 Å². The van der Waals surface area contributed by atoms with Crippen molar-refractivity contribution in [2.45, 2.75) is 45.7 Å². The minimum Gasteiger partial charge on any atom is -0.350 e. The summed E-state index contributed by atoms with van der Waals surface area (Å²) < 4.78 is 14.1. The van der Waals surface area contributed by atoms with Crippen molar-refractivity contribution in [1.82, 2.24) is 15.2 Å². The number of para-hydroxylation sites is 1. The van der Waals surface area contributed by atoms with Gasteiger partial charge in [0.05, 0.1) is 12.0 Å². The molecule has 1 aromatic heterocycles. The zero-order valence-electron chi connectivity index (χ0n) is 21.0. The Hall–Kier alpha value is -4.19. The maximum Gasteiger partial charge on any atom is 0.268 e. The Morgan fingerprint density at radius 1 is 1.19 bits per heavy atom. The summed E-state index contributed by atoms with van der Waals surface area (Å²) in [6, 6.07) is 13.8. The van der Waals surface area contributed by atoms with Crippen LogP contribution in [-0.4, -0.2) is 46.2 Å². The predicted molar refractivity (Wildman–Crippen MR) is 138 cm³/mol. The monoisotopic (exact) mass is 503 g/mol. The zero-order chi connectivity index (χ0) is 26.7. The molecule has 1 saturated heterocycles. The number of amides is 3. The first kappa shape index (κ1) is 25.9. The molecule has 9 heteroatoms. The van der Waals surface area contributed by atoms with Crippen LogP contribution < -0.4 is 10.6 Å². The third-order valence-corrected chi connectivity index (χ3v) is 6.67. The van der Waals surface area contributed by atoms with Crippen molar-refractivity contribution in [2.24, 2.45) is 11.8 Å². The third-order valence-electron chi connectivity index (χ3n) is 6.67. The molecule has 0 bridgehead atoms. The van der Waals surface area contributed by atoms with Crippen molar-refractivity contribution in [3.8, 4) is 6.07 Å². The van der Waals surface area contributed by atoms with Crippen molar-refractivity contribution >= 4 is 34.3 Å². The van der Waals surface area contributed by atoms with Crippen LogP contribution in [0.3, 0.4) is 0 Å². The summed E-state index contributed by atoms with van der Waals surface area (Å²) in [6.45, 7) is 5.82. The summed E-state index contributed by atoms with van der Waals surface area (Å²) in [5, 5.41) is 15.7. The van der Waals surface area contributed by atoms with Gasteiger partial charge in [0, 0.05) is 23.1 Å². The lowest BCUT2D eigenvalue weighted by Crippen LogP contribution is -2.50. The molecule has 0 spiro atoms. The molecule has 8 nitrogen and oxygen atoms in total. The van der Waals surface area contributed by atoms with Gasteiger partial charge in [0.15, 0.2) is 0 Å². The highest BCUT2D eigenvalue weighted by Gasteiger charge is 2.41. The van der Waals surface area contributed by atoms with Crippen molar-refractivity contribution in [2.75, 3.05) is 11.9 Å². The number of hydrogen-bond donors (Lipinski definition) is 3. The molecule has 2 aromatic carbocycles. The third kappa shape index (κ3) is 5.64. The molecule has 1 aliphatic heterocycles. The number of nitrogens with zero attached hydrogens (tertiary/aromatic N) is 2. The van der Waals surface area contributed by atoms with Gasteiger partial charge in [-0.05, 0) is 55.5 Å². The lowest BCUT2D eigenvalue weighted by Gasteiger charge is -2.27. The Morgan fingerprint density at radius 3 is 2.62 bits per heavy atom. The molecular weight excluding hydrogens is 473 g/mol. The van der Waals surface area contributed by atoms with Crippen molar-refractivity contribution in [1.29, 1.82) is 5.26 Å². The fourth-order valence-electron chi connectivity index (χ4n) is 4.71. The molecule has 4 rings (SSSR count). The van der Waals surface area contributed by atoms with Crippen LogP contribution in [0.15, 0.2) is 48.5 Å². The first-order valence-electron chi connectivity index (χ1n) is 12.3. The number of hydrogen-bond acceptors (Lipinski definition) is 4. The molecular formula is C28H30FN5O3. The molecule has 3 amide bonds. The average Bonchev–Trinajstić information content (AvgIpc) is 3.50. The number of rotatable bonds is 7. The fraction of sp³-hybridized carbons (Fsp3) is 0.357. The topological polar surface area (TPSA) is 118 Å². The smallest absolute Gasteiger partial charge is 0.268 e. The molecule has 192 valence electrons. The summed E-state index contributed by atoms with van der Waals surface area (Å²) in [5.74, 6) is -2.16. The largest absolute Gasteiger partial charge is 0.350 e. The molecule has 1 fully saturated rings. The number of carbonyl (C=O) groups is 3. The van der Waals surface area contributed by atoms with E-state index in [9.17, 15) is 24.0 Å². The summed E-state index contributed by atoms with van der Waals surface area (Å²) in [7, 11) is 0. The number of anilines is 1. The standard InChI is InChI=1S/C28H30FN5O3/c1-16(2)11-25(33-27(36)24-13-20-21(29)8-6-10-23(20)31-24)28(37)34-15-18(12-19(34)14-30)26(35)32-22-9-5-4-7-17(22)3/h4-10,13,16,18-19,25,31H,11-12,15H2,1-3H3,(H,32,35)(H,33,36). The van der Waals surface area contributed by atoms with Gasteiger partial charge < -0.3 is 20.5 Å². The number of H-pyrrole nitrogens is 1. The van der Waals surface area contributed by atoms with Gasteiger partial charge >= 0.3 is 0 Å². The van der Waals surface area contributed by atoms with Gasteiger partial charge in [-0.3, -0.25) is 14.4 Å². The number of aromatic amines is 1. The summed E-state index contributed by atoms with van der Waals surface area (Å²) in [5.41, 5.74) is 2.21. The first-order chi connectivity index (χ1) is 17.7. The van der Waals surface area contributed by atoms with E-state index >= 15 is 0 Å². The summed E-state index contributed by atoms with van der Waals surface area (Å²) in [4.78, 5) is 43.8. The average molecular weight is 504 g/mol. The van der Waals surface area contributed by atoms with Crippen LogP contribution in [-0.2, 0) is 9.59 Å². The Morgan fingerprint density at radius 2 is 1.95 bits per heavy atom. The minimum absolute atomic E-state index is 0.0673. The van der Waals surface area contributed by atoms with Gasteiger partial charge in [-0.1, -0.05) is 38.1 Å². The van der Waals surface area contributed by atoms with Crippen LogP contribution in [0.2, 0.25) is 0 Å². The number of halogens is 1. The molecule has 3 atom stereocenters. The molecule has 3 N–H and O–H groups in total. The van der Waals surface area contributed by atoms with E-state index in [1.54, 1.807) is 18.2 Å². The van der Waals surface area contributed by atoms with Crippen molar-refractivity contribution < 1.29 is 18.8 Å². The second-order valence-corrected chi connectivity index (χ2v) is 9.91. The summed E-state index contributed by atoms with van der Waals surface area (Å²) in [6.07, 6.45) is 0.553. The normalized spacial score (nSPS) is 18.0. The van der Waals surface area contributed by atoms with Crippen LogP contribution >= 0.6 is 0 Å². The van der Waals surface area contributed by atoms with Gasteiger partial charge in [-0.25, -0.2) is 4.39 Å². The van der Waals surface area contributed by atoms with Crippen LogP contribution in [0, 0.1) is 35.9 Å². The molecule has 3 unspecified atom stereocenters. The second kappa shape index (κ2) is 10.8. The van der Waals surface area contributed by atoms with Crippen LogP contribution in [0.4, 0.5) is 10.1 Å². The quantitative estimate of drug-likeness (QED) is 0.449. The number of aryl methyl sites for hydroxylation is 1. The van der Waals surface area contributed by atoms with Gasteiger partial charge in [-0.15, -0.1) is 0 Å². The Kier molecular flexibility index (Phi) is 7.58. The molecule has 0 radical (unpaired) electrons. The van der Waals surface area contributed by atoms with Gasteiger partial charge in [0.25, 0.3) is 5.91 Å². The number of benzene rings is 2. The molecule has 0 aliphatic carbocycles. The lowest BCUT2D eigenvalue weighted by molar-refractivity contribution is -0.133. The van der Waals surface area contributed by atoms with E-state index in [0.717, 1.165) is 5.56 Å². The molecule has 1 aliphatic rings. The van der Waals surface area contributed by atoms with E-state index in [1.165, 1.54) is 17.0 Å². The maximum atomic E-state index is 14.1. The number of nitriles is 1. The van der Waals surface area contributed by atoms with E-state index in [-0.39, 0.29) is 35.9 Å². The molecule has 2 heterocycles. The highest BCUT2D eigenvalue weighted by molar-refractivity contribution is 6.00. The van der Waals surface area contributed by atoms with Crippen LogP contribution in [0.5, 0.6) is 0 Å². The Bertz CT molecular complexity index is 1380. The van der Waals surface area contributed by atoms with Gasteiger partial charge in [-0.2, -0.15) is 5.26 Å². The van der Waals surface area contributed by atoms with Crippen molar-refractivity contribution in [3.05, 3.63) is 65.6 Å². The Balaban J connectivity index is 1.50. The van der Waals surface area contributed by atoms with E-state index in [0.29, 0.717) is 17.6 Å². The fourth-order valence-corrected chi connectivity index (χ4v) is 4.71. The maximum absolute atomic E-state index is 14.1.